The van der Waals surface area contributed by atoms with Gasteiger partial charge < -0.3 is 59.5 Å². The molecule has 41 heavy (non-hydrogen) atoms. The van der Waals surface area contributed by atoms with Crippen molar-refractivity contribution in [1.29, 1.82) is 0 Å². The van der Waals surface area contributed by atoms with Crippen molar-refractivity contribution in [3.8, 4) is 0 Å². The number of rotatable bonds is 10. The summed E-state index contributed by atoms with van der Waals surface area (Å²) >= 11 is 20.6. The third kappa shape index (κ3) is 13.6. The first-order valence-electron chi connectivity index (χ1n) is 13.9. The van der Waals surface area contributed by atoms with Crippen molar-refractivity contribution in [3.05, 3.63) is 121 Å². The zero-order chi connectivity index (χ0) is 29.7. The number of nitrogens with zero attached hydrogens (tertiary/aromatic N) is 2. The molecule has 0 fully saturated rings. The van der Waals surface area contributed by atoms with Crippen LogP contribution in [0.3, 0.4) is 0 Å². The maximum Gasteiger partial charge on any atom is 0.0444 e. The van der Waals surface area contributed by atoms with Crippen LogP contribution < -0.4 is 9.80 Å². The van der Waals surface area contributed by atoms with Gasteiger partial charge in [0.05, 0.1) is 0 Å². The molecule has 4 aromatic carbocycles. The number of hydrogen-bond donors (Lipinski definition) is 0. The van der Waals surface area contributed by atoms with Crippen molar-refractivity contribution < 1.29 is 0 Å². The second-order valence-corrected chi connectivity index (χ2v) is 15.3. The van der Waals surface area contributed by atoms with Gasteiger partial charge in [-0.25, -0.2) is 0 Å². The molecule has 0 saturated carbocycles. The standard InChI is InChI=1S/2C13H11NS2.2C4H9.Sn/c2*15-13(16)14(11-7-3-1-4-8-11)12-9-5-2-6-10-12;2*1-3-4-2;/h2*1-10H,(H,15,16);2*1,3-4H2,2H3;/q;;;;+2/p-2. The van der Waals surface area contributed by atoms with E-state index in [0.29, 0.717) is 8.64 Å². The van der Waals surface area contributed by atoms with E-state index in [1.807, 2.05) is 131 Å². The minimum absolute atomic E-state index is 0.149. The van der Waals surface area contributed by atoms with E-state index >= 15 is 0 Å². The van der Waals surface area contributed by atoms with Gasteiger partial charge in [0.15, 0.2) is 0 Å². The first kappa shape index (κ1) is 35.1. The molecule has 0 aromatic heterocycles. The molecular weight excluding hydrogens is 683 g/mol. The van der Waals surface area contributed by atoms with Crippen LogP contribution in [-0.4, -0.2) is 29.8 Å². The molecule has 0 spiro atoms. The van der Waals surface area contributed by atoms with Gasteiger partial charge in [-0.1, -0.05) is 81.4 Å². The minimum Gasteiger partial charge on any atom is -0.411 e. The second kappa shape index (κ2) is 21.6. The molecule has 0 N–H and O–H groups in total. The number of para-hydroxylation sites is 4. The Morgan fingerprint density at radius 1 is 0.512 bits per heavy atom. The second-order valence-electron chi connectivity index (χ2n) is 9.00. The molecule has 0 radical (unpaired) electrons. The molecular formula is C34H38N2S4Sn. The Bertz CT molecular complexity index is 1060. The Balaban J connectivity index is 0.000000225. The number of benzene rings is 4. The summed E-state index contributed by atoms with van der Waals surface area (Å²) in [4.78, 5) is 3.76. The third-order valence-electron chi connectivity index (χ3n) is 5.84. The van der Waals surface area contributed by atoms with Crippen LogP contribution in [0, 0.1) is 0 Å². The van der Waals surface area contributed by atoms with E-state index < -0.39 is 0 Å². The summed E-state index contributed by atoms with van der Waals surface area (Å²) in [5.74, 6) is 0. The van der Waals surface area contributed by atoms with Crippen LogP contribution in [0.5, 0.6) is 0 Å². The van der Waals surface area contributed by atoms with E-state index in [-0.39, 0.29) is 21.1 Å². The van der Waals surface area contributed by atoms with Gasteiger partial charge in [0.1, 0.15) is 0 Å². The Kier molecular flexibility index (Phi) is 18.5. The molecule has 0 unspecified atom stereocenters. The predicted octanol–water partition coefficient (Wildman–Crippen LogP) is 10.4. The molecule has 7 heteroatoms. The number of hydrogen-bond acceptors (Lipinski definition) is 4. The molecule has 0 aliphatic heterocycles. The van der Waals surface area contributed by atoms with Crippen molar-refractivity contribution in [1.82, 2.24) is 0 Å². The molecule has 4 aromatic rings. The normalized spacial score (nSPS) is 9.61. The quantitative estimate of drug-likeness (QED) is 0.0691. The Hall–Kier alpha value is -2.10. The van der Waals surface area contributed by atoms with E-state index in [9.17, 15) is 0 Å². The molecule has 0 amide bonds. The average Bonchev–Trinajstić information content (AvgIpc) is 3.00. The summed E-state index contributed by atoms with van der Waals surface area (Å²) in [7, 11) is 0. The monoisotopic (exact) mass is 722 g/mol. The Labute approximate surface area is 279 Å². The molecule has 212 valence electrons. The summed E-state index contributed by atoms with van der Waals surface area (Å²) in [6.07, 6.45) is 5.84. The van der Waals surface area contributed by atoms with Crippen molar-refractivity contribution in [2.24, 2.45) is 0 Å². The van der Waals surface area contributed by atoms with E-state index in [0.717, 1.165) is 22.7 Å². The summed E-state index contributed by atoms with van der Waals surface area (Å²) in [5.41, 5.74) is 3.98. The van der Waals surface area contributed by atoms with Gasteiger partial charge in [0.2, 0.25) is 0 Å². The number of thiocarbonyl (C=S) groups is 2. The zero-order valence-electron chi connectivity index (χ0n) is 23.8. The largest absolute Gasteiger partial charge is 0.411 e. The van der Waals surface area contributed by atoms with Crippen LogP contribution in [0.1, 0.15) is 39.5 Å². The Morgan fingerprint density at radius 2 is 0.756 bits per heavy atom. The van der Waals surface area contributed by atoms with Gasteiger partial charge in [0.25, 0.3) is 0 Å². The maximum absolute atomic E-state index is 5.12. The summed E-state index contributed by atoms with van der Waals surface area (Å²) < 4.78 is 4.11. The predicted molar refractivity (Wildman–Crippen MR) is 195 cm³/mol. The van der Waals surface area contributed by atoms with E-state index in [1.165, 1.54) is 25.7 Å². The Morgan fingerprint density at radius 3 is 0.951 bits per heavy atom. The molecule has 0 saturated heterocycles. The molecule has 0 bridgehead atoms. The SMILES string of the molecule is CCC[CH2][Sn+2][CH2]CCC.S=C([S-])N(c1ccccc1)c1ccccc1.S=C([S-])N(c1ccccc1)c1ccccc1. The average molecular weight is 722 g/mol. The van der Waals surface area contributed by atoms with Crippen molar-refractivity contribution in [2.45, 2.75) is 48.4 Å². The summed E-state index contributed by atoms with van der Waals surface area (Å²) in [6, 6.07) is 39.6. The van der Waals surface area contributed by atoms with Crippen molar-refractivity contribution in [3.63, 3.8) is 0 Å². The fourth-order valence-electron chi connectivity index (χ4n) is 3.76. The van der Waals surface area contributed by atoms with Crippen LogP contribution in [-0.2, 0) is 25.3 Å². The van der Waals surface area contributed by atoms with E-state index in [2.05, 4.69) is 13.8 Å². The maximum atomic E-state index is 5.12. The molecule has 4 rings (SSSR count). The van der Waals surface area contributed by atoms with Crippen molar-refractivity contribution >= 4 is 102 Å². The van der Waals surface area contributed by atoms with Gasteiger partial charge in [-0.2, -0.15) is 0 Å². The fourth-order valence-corrected chi connectivity index (χ4v) is 8.76. The van der Waals surface area contributed by atoms with Crippen LogP contribution in [0.4, 0.5) is 22.7 Å². The summed E-state index contributed by atoms with van der Waals surface area (Å²) in [5, 5.41) is 0. The first-order chi connectivity index (χ1) is 20.0. The molecule has 0 aliphatic carbocycles. The summed E-state index contributed by atoms with van der Waals surface area (Å²) in [6.45, 7) is 4.58. The molecule has 2 nitrogen and oxygen atoms in total. The van der Waals surface area contributed by atoms with Crippen molar-refractivity contribution in [2.75, 3.05) is 9.80 Å². The van der Waals surface area contributed by atoms with Gasteiger partial charge >= 0.3 is 69.5 Å². The van der Waals surface area contributed by atoms with Crippen LogP contribution >= 0.6 is 24.4 Å². The van der Waals surface area contributed by atoms with Gasteiger partial charge in [-0.15, -0.1) is 0 Å². The smallest absolute Gasteiger partial charge is 0.0444 e. The third-order valence-corrected chi connectivity index (χ3v) is 10.6. The molecule has 0 aliphatic rings. The zero-order valence-corrected chi connectivity index (χ0v) is 29.9. The fraction of sp³-hybridized carbons (Fsp3) is 0.235. The number of anilines is 4. The van der Waals surface area contributed by atoms with Crippen LogP contribution in [0.2, 0.25) is 8.87 Å². The van der Waals surface area contributed by atoms with E-state index in [1.54, 1.807) is 8.87 Å². The molecule has 0 atom stereocenters. The number of unbranched alkanes of at least 4 members (excludes halogenated alkanes) is 2. The molecule has 0 heterocycles. The first-order valence-corrected chi connectivity index (χ1v) is 19.6. The minimum atomic E-state index is 0.149. The van der Waals surface area contributed by atoms with Crippen LogP contribution in [0.15, 0.2) is 121 Å². The van der Waals surface area contributed by atoms with E-state index in [4.69, 9.17) is 49.7 Å². The topological polar surface area (TPSA) is 6.48 Å². The van der Waals surface area contributed by atoms with Gasteiger partial charge in [-0.3, -0.25) is 0 Å². The van der Waals surface area contributed by atoms with Crippen LogP contribution in [0.25, 0.3) is 0 Å². The van der Waals surface area contributed by atoms with Gasteiger partial charge in [0, 0.05) is 22.7 Å². The van der Waals surface area contributed by atoms with Gasteiger partial charge in [-0.05, 0) is 48.5 Å².